The number of carbonyl (C=O) groups is 1. The minimum atomic E-state index is -0.515. The Hall–Kier alpha value is -3.33. The highest BCUT2D eigenvalue weighted by Gasteiger charge is 2.38. The molecule has 6 heteroatoms. The van der Waals surface area contributed by atoms with Crippen molar-refractivity contribution in [3.05, 3.63) is 71.1 Å². The van der Waals surface area contributed by atoms with E-state index >= 15 is 0 Å². The Kier molecular flexibility index (Phi) is 3.62. The minimum absolute atomic E-state index is 0.0129. The molecule has 0 amide bonds. The van der Waals surface area contributed by atoms with E-state index in [9.17, 15) is 10.1 Å². The van der Waals surface area contributed by atoms with Gasteiger partial charge in [-0.3, -0.25) is 4.79 Å². The second-order valence-corrected chi connectivity index (χ2v) is 6.09. The first kappa shape index (κ1) is 15.2. The maximum absolute atomic E-state index is 12.5. The number of hydrogen-bond acceptors (Lipinski definition) is 5. The van der Waals surface area contributed by atoms with E-state index in [4.69, 9.17) is 10.5 Å². The summed E-state index contributed by atoms with van der Waals surface area (Å²) in [6.45, 7) is 0. The number of aromatic nitrogens is 2. The van der Waals surface area contributed by atoms with Crippen LogP contribution in [0, 0.1) is 11.3 Å². The number of benzene rings is 1. The Labute approximate surface area is 144 Å². The van der Waals surface area contributed by atoms with Crippen molar-refractivity contribution in [2.24, 2.45) is 5.73 Å². The van der Waals surface area contributed by atoms with Gasteiger partial charge in [0.1, 0.15) is 17.4 Å². The van der Waals surface area contributed by atoms with Crippen LogP contribution >= 0.6 is 0 Å². The van der Waals surface area contributed by atoms with Gasteiger partial charge in [-0.25, -0.2) is 4.68 Å². The molecule has 4 rings (SSSR count). The fraction of sp³-hybridized carbons (Fsp3) is 0.211. The van der Waals surface area contributed by atoms with Gasteiger partial charge in [-0.05, 0) is 18.6 Å². The average molecular weight is 332 g/mol. The first-order valence-corrected chi connectivity index (χ1v) is 8.13. The van der Waals surface area contributed by atoms with E-state index in [-0.39, 0.29) is 17.2 Å². The zero-order chi connectivity index (χ0) is 17.4. The third kappa shape index (κ3) is 2.50. The molecular formula is C19H16N4O2. The highest BCUT2D eigenvalue weighted by molar-refractivity contribution is 5.99. The van der Waals surface area contributed by atoms with E-state index in [0.29, 0.717) is 24.2 Å². The summed E-state index contributed by atoms with van der Waals surface area (Å²) in [5.74, 6) is 0.164. The number of allylic oxidation sites excluding steroid dienone is 3. The molecule has 124 valence electrons. The number of carbonyl (C=O) groups excluding carboxylic acids is 1. The number of ketones is 1. The summed E-state index contributed by atoms with van der Waals surface area (Å²) >= 11 is 0. The highest BCUT2D eigenvalue weighted by atomic mass is 16.5. The summed E-state index contributed by atoms with van der Waals surface area (Å²) in [5, 5.41) is 14.0. The predicted molar refractivity (Wildman–Crippen MR) is 90.1 cm³/mol. The van der Waals surface area contributed by atoms with Gasteiger partial charge in [0.2, 0.25) is 5.88 Å². The monoisotopic (exact) mass is 332 g/mol. The molecule has 0 saturated carbocycles. The standard InChI is InChI=1S/C19H16N4O2/c20-9-14-17(18-15(24)7-4-8-16(18)25-19(14)21)12-10-22-23(11-12)13-5-2-1-3-6-13/h1-3,5-6,10-11,17H,4,7-8,21H2. The molecule has 2 heterocycles. The molecule has 0 spiro atoms. The second kappa shape index (κ2) is 5.95. The molecule has 0 saturated heterocycles. The number of Topliss-reactive ketones (excluding diaryl/α,β-unsaturated/α-hetero) is 1. The molecule has 1 aliphatic carbocycles. The van der Waals surface area contributed by atoms with Crippen LogP contribution in [0.4, 0.5) is 0 Å². The molecule has 2 N–H and O–H groups in total. The number of ether oxygens (including phenoxy) is 1. The summed E-state index contributed by atoms with van der Waals surface area (Å²) in [6, 6.07) is 11.8. The van der Waals surface area contributed by atoms with Crippen LogP contribution in [-0.4, -0.2) is 15.6 Å². The van der Waals surface area contributed by atoms with Crippen molar-refractivity contribution < 1.29 is 9.53 Å². The summed E-state index contributed by atoms with van der Waals surface area (Å²) < 4.78 is 7.30. The van der Waals surface area contributed by atoms with Gasteiger partial charge in [-0.1, -0.05) is 18.2 Å². The summed E-state index contributed by atoms with van der Waals surface area (Å²) in [7, 11) is 0. The smallest absolute Gasteiger partial charge is 0.205 e. The van der Waals surface area contributed by atoms with Crippen LogP contribution in [0.5, 0.6) is 0 Å². The third-order valence-corrected chi connectivity index (χ3v) is 4.56. The van der Waals surface area contributed by atoms with Gasteiger partial charge in [-0.15, -0.1) is 0 Å². The van der Waals surface area contributed by atoms with Crippen molar-refractivity contribution in [2.45, 2.75) is 25.2 Å². The van der Waals surface area contributed by atoms with Crippen LogP contribution in [0.15, 0.2) is 65.5 Å². The Morgan fingerprint density at radius 3 is 2.84 bits per heavy atom. The lowest BCUT2D eigenvalue weighted by atomic mass is 9.78. The molecule has 6 nitrogen and oxygen atoms in total. The molecule has 1 unspecified atom stereocenters. The quantitative estimate of drug-likeness (QED) is 0.912. The first-order valence-electron chi connectivity index (χ1n) is 8.13. The molecule has 0 fully saturated rings. The van der Waals surface area contributed by atoms with Crippen LogP contribution in [-0.2, 0) is 9.53 Å². The van der Waals surface area contributed by atoms with Gasteiger partial charge in [0, 0.05) is 30.2 Å². The molecule has 0 radical (unpaired) electrons. The number of nitriles is 1. The largest absolute Gasteiger partial charge is 0.444 e. The SMILES string of the molecule is N#CC1=C(N)OC2=C(C(=O)CCC2)C1c1cnn(-c2ccccc2)c1. The van der Waals surface area contributed by atoms with Gasteiger partial charge in [0.05, 0.1) is 17.8 Å². The first-order chi connectivity index (χ1) is 12.2. The zero-order valence-corrected chi connectivity index (χ0v) is 13.5. The summed E-state index contributed by atoms with van der Waals surface area (Å²) in [6.07, 6.45) is 5.37. The second-order valence-electron chi connectivity index (χ2n) is 6.09. The van der Waals surface area contributed by atoms with Crippen LogP contribution in [0.25, 0.3) is 5.69 Å². The lowest BCUT2D eigenvalue weighted by Gasteiger charge is -2.30. The number of rotatable bonds is 2. The van der Waals surface area contributed by atoms with Crippen LogP contribution in [0.2, 0.25) is 0 Å². The Bertz CT molecular complexity index is 947. The predicted octanol–water partition coefficient (Wildman–Crippen LogP) is 2.69. The third-order valence-electron chi connectivity index (χ3n) is 4.56. The highest BCUT2D eigenvalue weighted by Crippen LogP contribution is 2.43. The molecule has 2 aromatic rings. The Morgan fingerprint density at radius 1 is 1.28 bits per heavy atom. The van der Waals surface area contributed by atoms with E-state index in [1.54, 1.807) is 10.9 Å². The van der Waals surface area contributed by atoms with Crippen molar-refractivity contribution >= 4 is 5.78 Å². The zero-order valence-electron chi connectivity index (χ0n) is 13.5. The topological polar surface area (TPSA) is 93.9 Å². The molecule has 2 aliphatic rings. The molecule has 1 atom stereocenters. The van der Waals surface area contributed by atoms with Gasteiger partial charge >= 0.3 is 0 Å². The number of nitrogens with zero attached hydrogens (tertiary/aromatic N) is 3. The molecule has 1 aliphatic heterocycles. The van der Waals surface area contributed by atoms with Crippen LogP contribution in [0.3, 0.4) is 0 Å². The van der Waals surface area contributed by atoms with Gasteiger partial charge in [0.25, 0.3) is 0 Å². The van der Waals surface area contributed by atoms with Gasteiger partial charge in [0.15, 0.2) is 5.78 Å². The lowest BCUT2D eigenvalue weighted by molar-refractivity contribution is -0.116. The van der Waals surface area contributed by atoms with E-state index in [1.807, 2.05) is 36.5 Å². The summed E-state index contributed by atoms with van der Waals surface area (Å²) in [5.41, 5.74) is 8.42. The van der Waals surface area contributed by atoms with Crippen LogP contribution in [0.1, 0.15) is 30.7 Å². The number of para-hydroxylation sites is 1. The van der Waals surface area contributed by atoms with Gasteiger partial charge in [-0.2, -0.15) is 10.4 Å². The molecule has 0 bridgehead atoms. The Balaban J connectivity index is 1.82. The van der Waals surface area contributed by atoms with Gasteiger partial charge < -0.3 is 10.5 Å². The lowest BCUT2D eigenvalue weighted by Crippen LogP contribution is -2.27. The molecule has 1 aromatic carbocycles. The van der Waals surface area contributed by atoms with Crippen molar-refractivity contribution in [3.8, 4) is 11.8 Å². The van der Waals surface area contributed by atoms with E-state index < -0.39 is 5.92 Å². The molecule has 25 heavy (non-hydrogen) atoms. The number of nitrogens with two attached hydrogens (primary N) is 1. The molecule has 1 aromatic heterocycles. The van der Waals surface area contributed by atoms with Crippen molar-refractivity contribution in [2.75, 3.05) is 0 Å². The van der Waals surface area contributed by atoms with Crippen molar-refractivity contribution in [3.63, 3.8) is 0 Å². The molecular weight excluding hydrogens is 316 g/mol. The van der Waals surface area contributed by atoms with E-state index in [2.05, 4.69) is 11.2 Å². The van der Waals surface area contributed by atoms with Crippen molar-refractivity contribution in [1.82, 2.24) is 9.78 Å². The van der Waals surface area contributed by atoms with E-state index in [0.717, 1.165) is 17.7 Å². The fourth-order valence-electron chi connectivity index (χ4n) is 3.40. The summed E-state index contributed by atoms with van der Waals surface area (Å²) in [4.78, 5) is 12.5. The maximum atomic E-state index is 12.5. The van der Waals surface area contributed by atoms with Crippen molar-refractivity contribution in [1.29, 1.82) is 5.26 Å². The normalized spacial score (nSPS) is 20.1. The minimum Gasteiger partial charge on any atom is -0.444 e. The van der Waals surface area contributed by atoms with Crippen LogP contribution < -0.4 is 5.73 Å². The maximum Gasteiger partial charge on any atom is 0.205 e. The number of hydrogen-bond donors (Lipinski definition) is 1. The van der Waals surface area contributed by atoms with E-state index in [1.165, 1.54) is 0 Å². The average Bonchev–Trinajstić information content (AvgIpc) is 3.11. The fourth-order valence-corrected chi connectivity index (χ4v) is 3.40. The Morgan fingerprint density at radius 2 is 2.08 bits per heavy atom.